The number of carbonyl (C=O) groups excluding carboxylic acids is 5. The molecule has 0 saturated heterocycles. The second kappa shape index (κ2) is 28.5. The van der Waals surface area contributed by atoms with Gasteiger partial charge in [-0.25, -0.2) is 9.59 Å². The Morgan fingerprint density at radius 2 is 0.889 bits per heavy atom. The van der Waals surface area contributed by atoms with Crippen molar-refractivity contribution in [1.82, 2.24) is 25.8 Å². The van der Waals surface area contributed by atoms with Crippen molar-refractivity contribution in [3.05, 3.63) is 87.6 Å². The van der Waals surface area contributed by atoms with Crippen molar-refractivity contribution >= 4 is 46.8 Å². The Hall–Kier alpha value is -7.39. The van der Waals surface area contributed by atoms with Crippen molar-refractivity contribution in [3.8, 4) is 18.4 Å². The maximum atomic E-state index is 11.0. The number of esters is 2. The molecule has 396 valence electrons. The lowest BCUT2D eigenvalue weighted by atomic mass is 9.92. The molecule has 0 aliphatic rings. The van der Waals surface area contributed by atoms with E-state index in [0.717, 1.165) is 34.8 Å². The van der Waals surface area contributed by atoms with Crippen LogP contribution in [-0.2, 0) is 46.1 Å². The fourth-order valence-corrected chi connectivity index (χ4v) is 3.88. The molecular weight excluding hydrogens is 954 g/mol. The average Bonchev–Trinajstić information content (AvgIpc) is 4.11. The van der Waals surface area contributed by atoms with Crippen LogP contribution >= 0.6 is 11.6 Å². The van der Waals surface area contributed by atoms with Crippen molar-refractivity contribution in [1.29, 1.82) is 10.7 Å². The number of nitriles is 1. The molecule has 0 aliphatic carbocycles. The summed E-state index contributed by atoms with van der Waals surface area (Å²) in [5.41, 5.74) is 13.5. The Labute approximate surface area is 426 Å². The van der Waals surface area contributed by atoms with E-state index in [4.69, 9.17) is 56.4 Å². The Bertz CT molecular complexity index is 2450. The topological polar surface area (TPSA) is 334 Å². The lowest BCUT2D eigenvalue weighted by molar-refractivity contribution is -0.133. The fraction of sp³-hybridized carbons (Fsp3) is 0.520. The maximum absolute atomic E-state index is 11.0. The number of amides is 1. The number of rotatable bonds is 4. The number of nitrogens with one attached hydrogen (secondary N) is 1. The summed E-state index contributed by atoms with van der Waals surface area (Å²) in [4.78, 5) is 51.8. The quantitative estimate of drug-likeness (QED) is 0.0287. The molecule has 0 atom stereocenters. The minimum Gasteiger partial charge on any atom is -0.463 e. The molecule has 5 aromatic rings. The van der Waals surface area contributed by atoms with Gasteiger partial charge in [0.05, 0.1) is 42.7 Å². The monoisotopic (exact) mass is 1030 g/mol. The number of aldehydes is 1. The highest BCUT2D eigenvalue weighted by Crippen LogP contribution is 2.25. The number of halogens is 1. The van der Waals surface area contributed by atoms with E-state index >= 15 is 0 Å². The van der Waals surface area contributed by atoms with Crippen LogP contribution in [0.4, 0.5) is 0 Å². The third kappa shape index (κ3) is 26.6. The van der Waals surface area contributed by atoms with Gasteiger partial charge in [0.2, 0.25) is 28.8 Å². The van der Waals surface area contributed by atoms with Crippen molar-refractivity contribution in [2.45, 2.75) is 152 Å². The first-order valence-electron chi connectivity index (χ1n) is 21.8. The summed E-state index contributed by atoms with van der Waals surface area (Å²) in [6.07, 6.45) is 5.50. The molecule has 5 heterocycles. The van der Waals surface area contributed by atoms with Crippen LogP contribution in [0.2, 0.25) is 0 Å². The zero-order chi connectivity index (χ0) is 56.8. The molecular formula is C50H72ClN9O12. The molecule has 0 bridgehead atoms. The first kappa shape index (κ1) is 66.7. The van der Waals surface area contributed by atoms with Crippen LogP contribution in [0.3, 0.4) is 0 Å². The zero-order valence-corrected chi connectivity index (χ0v) is 45.9. The number of nitrogens with zero attached hydrogens (tertiary/aromatic N) is 6. The minimum atomic E-state index is -0.630. The molecule has 22 heteroatoms. The summed E-state index contributed by atoms with van der Waals surface area (Å²) >= 11 is 5.19. The Morgan fingerprint density at radius 3 is 1.08 bits per heavy atom. The number of terminal acetylenes is 1. The number of hydrogen-bond donors (Lipinski definition) is 3. The smallest absolute Gasteiger partial charge is 0.383 e. The van der Waals surface area contributed by atoms with Gasteiger partial charge < -0.3 is 48.4 Å². The molecule has 5 N–H and O–H groups in total. The summed E-state index contributed by atoms with van der Waals surface area (Å²) < 4.78 is 32.4. The third-order valence-corrected chi connectivity index (χ3v) is 8.43. The normalized spacial score (nSPS) is 11.0. The van der Waals surface area contributed by atoms with Gasteiger partial charge in [-0.05, 0) is 11.6 Å². The number of hydrogen-bond acceptors (Lipinski definition) is 19. The molecule has 0 spiro atoms. The minimum absolute atomic E-state index is 0.0431. The fourth-order valence-electron chi connectivity index (χ4n) is 3.79. The first-order valence-corrected chi connectivity index (χ1v) is 22.2. The average molecular weight is 1030 g/mol. The highest BCUT2D eigenvalue weighted by atomic mass is 35.5. The highest BCUT2D eigenvalue weighted by molar-refractivity contribution is 6.67. The molecule has 5 rings (SSSR count). The number of ether oxygens (including phenoxy) is 2. The van der Waals surface area contributed by atoms with Gasteiger partial charge in [-0.2, -0.15) is 5.26 Å². The van der Waals surface area contributed by atoms with Gasteiger partial charge in [0.1, 0.15) is 12.4 Å². The van der Waals surface area contributed by atoms with E-state index in [1.807, 2.05) is 131 Å². The van der Waals surface area contributed by atoms with E-state index < -0.39 is 23.1 Å². The van der Waals surface area contributed by atoms with Crippen LogP contribution in [0.1, 0.15) is 196 Å². The lowest BCUT2D eigenvalue weighted by Gasteiger charge is -2.12. The van der Waals surface area contributed by atoms with E-state index in [0.29, 0.717) is 5.76 Å². The number of primary amides is 1. The maximum Gasteiger partial charge on any atom is 0.383 e. The Morgan fingerprint density at radius 1 is 0.583 bits per heavy atom. The number of nitrogen functional groups attached to an aromatic ring is 1. The summed E-state index contributed by atoms with van der Waals surface area (Å²) in [5.74, 6) is 0.918. The molecule has 21 nitrogen and oxygen atoms in total. The van der Waals surface area contributed by atoms with Crippen molar-refractivity contribution in [3.63, 3.8) is 0 Å². The van der Waals surface area contributed by atoms with E-state index in [1.165, 1.54) is 14.2 Å². The Balaban J connectivity index is 0. The summed E-state index contributed by atoms with van der Waals surface area (Å²) in [6.45, 7) is 35.6. The molecule has 1 amide bonds. The number of carbonyl (C=O) groups is 5. The van der Waals surface area contributed by atoms with E-state index in [9.17, 15) is 24.0 Å². The van der Waals surface area contributed by atoms with Crippen molar-refractivity contribution in [2.24, 2.45) is 16.9 Å². The largest absolute Gasteiger partial charge is 0.463 e. The van der Waals surface area contributed by atoms with E-state index in [2.05, 4.69) is 41.7 Å². The predicted molar refractivity (Wildman–Crippen MR) is 268 cm³/mol. The van der Waals surface area contributed by atoms with Gasteiger partial charge in [0.15, 0.2) is 5.84 Å². The van der Waals surface area contributed by atoms with Crippen LogP contribution in [-0.4, -0.2) is 75.2 Å². The van der Waals surface area contributed by atoms with Crippen LogP contribution in [0.15, 0.2) is 52.9 Å². The SMILES string of the molecule is C#CC(=O)OC.CC(C)(C)C=O.CC(C)(C)c1cc(C#N)on1.CC(C)(C)c1cc(C(=N)N)on1.CC(C)(C)c1cc(C(=O)Cl)on1.CC(C)(C)c1cc(C(N)=O)on1.COC(=O)c1cc(C(C)(C)C)no1. The standard InChI is InChI=1S/C9H13NO3.C8H10ClNO2.C8H13N3O.C8H12N2O2.C8H10N2O.C5H10O.C4H4O2/c1-9(2,3)7-5-6(13-10-7)8(11)12-4;1-8(2,3)6-4-5(7(9)11)12-10-6;1-8(2,3)6-4-5(7(9)10)12-11-6;1-8(2,3)6-4-5(7(9)11)12-10-6;1-8(2,3)7-4-6(5-9)11-10-7;1-5(2,3)4-6;1-3-4(5)6-2/h5H,1-4H3;4H,1-3H3;4H,1-3H3,(H3,9,10);4H,1-3H3,(H2,9,11);4H,1-3H3;4H,1-3H3;1H,2H3. The number of nitrogens with two attached hydrogens (primary N) is 2. The van der Waals surface area contributed by atoms with Crippen LogP contribution in [0.25, 0.3) is 0 Å². The van der Waals surface area contributed by atoms with Gasteiger partial charge in [-0.1, -0.05) is 150 Å². The Kier molecular flexibility index (Phi) is 26.4. The molecule has 0 aromatic carbocycles. The lowest BCUT2D eigenvalue weighted by Crippen LogP contribution is -2.12. The molecule has 5 aromatic heterocycles. The van der Waals surface area contributed by atoms with Gasteiger partial charge in [0, 0.05) is 68.7 Å². The van der Waals surface area contributed by atoms with E-state index in [-0.39, 0.29) is 61.4 Å². The predicted octanol–water partition coefficient (Wildman–Crippen LogP) is 9.30. The van der Waals surface area contributed by atoms with Gasteiger partial charge in [-0.15, -0.1) is 6.42 Å². The summed E-state index contributed by atoms with van der Waals surface area (Å²) in [7, 11) is 2.55. The number of aromatic nitrogens is 5. The van der Waals surface area contributed by atoms with Gasteiger partial charge in [0.25, 0.3) is 11.1 Å². The molecule has 0 aliphatic heterocycles. The molecule has 72 heavy (non-hydrogen) atoms. The van der Waals surface area contributed by atoms with Gasteiger partial charge in [-0.3, -0.25) is 15.0 Å². The number of amidine groups is 1. The van der Waals surface area contributed by atoms with Crippen LogP contribution < -0.4 is 11.5 Å². The summed E-state index contributed by atoms with van der Waals surface area (Å²) in [6, 6.07) is 9.99. The molecule has 0 saturated carbocycles. The zero-order valence-electron chi connectivity index (χ0n) is 45.2. The van der Waals surface area contributed by atoms with Crippen LogP contribution in [0.5, 0.6) is 0 Å². The van der Waals surface area contributed by atoms with Crippen molar-refractivity contribution < 1.29 is 56.1 Å². The first-order chi connectivity index (χ1) is 32.6. The summed E-state index contributed by atoms with van der Waals surface area (Å²) in [5, 5.41) is 33.7. The highest BCUT2D eigenvalue weighted by Gasteiger charge is 2.24. The van der Waals surface area contributed by atoms with Gasteiger partial charge >= 0.3 is 11.9 Å². The molecule has 0 fully saturated rings. The second-order valence-corrected chi connectivity index (χ2v) is 21.8. The van der Waals surface area contributed by atoms with E-state index in [1.54, 1.807) is 36.3 Å². The van der Waals surface area contributed by atoms with Crippen molar-refractivity contribution in [2.75, 3.05) is 14.2 Å². The number of methoxy groups -OCH3 is 2. The second-order valence-electron chi connectivity index (χ2n) is 21.4. The molecule has 0 radical (unpaired) electrons. The van der Waals surface area contributed by atoms with Crippen LogP contribution in [0, 0.1) is 34.5 Å². The molecule has 0 unspecified atom stereocenters. The third-order valence-electron chi connectivity index (χ3n) is 8.25.